The van der Waals surface area contributed by atoms with Gasteiger partial charge in [0.1, 0.15) is 5.75 Å². The average molecular weight is 223 g/mol. The van der Waals surface area contributed by atoms with E-state index in [4.69, 9.17) is 9.84 Å². The van der Waals surface area contributed by atoms with Crippen molar-refractivity contribution in [2.24, 2.45) is 5.92 Å². The van der Waals surface area contributed by atoms with Crippen LogP contribution in [0.3, 0.4) is 0 Å². The Morgan fingerprint density at radius 2 is 2.00 bits per heavy atom. The highest BCUT2D eigenvalue weighted by Gasteiger charge is 2.01. The molecule has 0 aliphatic heterocycles. The van der Waals surface area contributed by atoms with Gasteiger partial charge >= 0.3 is 0 Å². The zero-order valence-electron chi connectivity index (χ0n) is 10.1. The summed E-state index contributed by atoms with van der Waals surface area (Å²) in [6, 6.07) is 8.05. The first kappa shape index (κ1) is 13.0. The van der Waals surface area contributed by atoms with Crippen LogP contribution in [0, 0.1) is 5.92 Å². The van der Waals surface area contributed by atoms with Gasteiger partial charge in [-0.1, -0.05) is 26.0 Å². The molecular formula is C13H21NO2. The van der Waals surface area contributed by atoms with Crippen LogP contribution in [-0.4, -0.2) is 24.9 Å². The quantitative estimate of drug-likeness (QED) is 0.740. The van der Waals surface area contributed by atoms with Crippen molar-refractivity contribution >= 4 is 0 Å². The van der Waals surface area contributed by atoms with E-state index >= 15 is 0 Å². The lowest BCUT2D eigenvalue weighted by Gasteiger charge is -2.10. The Morgan fingerprint density at radius 3 is 2.56 bits per heavy atom. The maximum absolute atomic E-state index is 8.87. The molecule has 16 heavy (non-hydrogen) atoms. The second-order valence-corrected chi connectivity index (χ2v) is 4.02. The summed E-state index contributed by atoms with van der Waals surface area (Å²) in [5, 5.41) is 12.1. The molecule has 1 atom stereocenters. The third-order valence-electron chi connectivity index (χ3n) is 2.35. The van der Waals surface area contributed by atoms with Crippen LogP contribution in [0.15, 0.2) is 24.3 Å². The normalized spacial score (nSPS) is 12.4. The zero-order chi connectivity index (χ0) is 11.8. The summed E-state index contributed by atoms with van der Waals surface area (Å²) in [6.07, 6.45) is 0. The molecule has 1 rings (SSSR count). The molecule has 0 fully saturated rings. The van der Waals surface area contributed by atoms with Gasteiger partial charge in [-0.25, -0.2) is 0 Å². The summed E-state index contributed by atoms with van der Waals surface area (Å²) >= 11 is 0. The number of ether oxygens (including phenoxy) is 1. The molecule has 90 valence electrons. The fraction of sp³-hybridized carbons (Fsp3) is 0.538. The van der Waals surface area contributed by atoms with Gasteiger partial charge in [0.05, 0.1) is 6.61 Å². The molecule has 0 spiro atoms. The summed E-state index contributed by atoms with van der Waals surface area (Å²) in [5.41, 5.74) is 1.25. The molecule has 1 aromatic rings. The van der Waals surface area contributed by atoms with Gasteiger partial charge in [0.25, 0.3) is 0 Å². The van der Waals surface area contributed by atoms with E-state index in [2.05, 4.69) is 24.4 Å². The molecular weight excluding hydrogens is 202 g/mol. The largest absolute Gasteiger partial charge is 0.493 e. The van der Waals surface area contributed by atoms with Gasteiger partial charge < -0.3 is 15.2 Å². The Morgan fingerprint density at radius 1 is 1.31 bits per heavy atom. The minimum Gasteiger partial charge on any atom is -0.493 e. The number of rotatable bonds is 7. The van der Waals surface area contributed by atoms with Crippen LogP contribution in [0.5, 0.6) is 5.75 Å². The predicted octanol–water partition coefficient (Wildman–Crippen LogP) is 1.80. The van der Waals surface area contributed by atoms with Crippen LogP contribution in [0.4, 0.5) is 0 Å². The Balaban J connectivity index is 2.38. The second kappa shape index (κ2) is 7.25. The molecule has 0 aromatic heterocycles. The average Bonchev–Trinajstić information content (AvgIpc) is 2.34. The van der Waals surface area contributed by atoms with E-state index in [1.165, 1.54) is 5.56 Å². The third-order valence-corrected chi connectivity index (χ3v) is 2.35. The van der Waals surface area contributed by atoms with Gasteiger partial charge in [0, 0.05) is 19.1 Å². The van der Waals surface area contributed by atoms with Gasteiger partial charge in [-0.3, -0.25) is 0 Å². The Hall–Kier alpha value is -1.06. The van der Waals surface area contributed by atoms with Crippen molar-refractivity contribution < 1.29 is 9.84 Å². The molecule has 1 unspecified atom stereocenters. The first-order chi connectivity index (χ1) is 7.76. The van der Waals surface area contributed by atoms with Gasteiger partial charge in [-0.05, 0) is 24.2 Å². The summed E-state index contributed by atoms with van der Waals surface area (Å²) in [4.78, 5) is 0. The monoisotopic (exact) mass is 223 g/mol. The van der Waals surface area contributed by atoms with E-state index in [-0.39, 0.29) is 12.5 Å². The minimum absolute atomic E-state index is 0.165. The van der Waals surface area contributed by atoms with Crippen molar-refractivity contribution in [3.8, 4) is 5.75 Å². The van der Waals surface area contributed by atoms with Gasteiger partial charge in [-0.2, -0.15) is 0 Å². The zero-order valence-corrected chi connectivity index (χ0v) is 10.1. The van der Waals surface area contributed by atoms with Crippen LogP contribution in [0.25, 0.3) is 0 Å². The molecule has 0 saturated heterocycles. The first-order valence-electron chi connectivity index (χ1n) is 5.79. The lowest BCUT2D eigenvalue weighted by Crippen LogP contribution is -2.13. The molecule has 0 heterocycles. The molecule has 0 radical (unpaired) electrons. The highest BCUT2D eigenvalue weighted by molar-refractivity contribution is 5.27. The van der Waals surface area contributed by atoms with Gasteiger partial charge in [0.15, 0.2) is 0 Å². The molecule has 3 nitrogen and oxygen atoms in total. The van der Waals surface area contributed by atoms with E-state index in [1.807, 2.05) is 19.1 Å². The SMILES string of the molecule is CCNCc1ccc(OCC(C)CO)cc1. The molecule has 1 aromatic carbocycles. The molecule has 0 bridgehead atoms. The standard InChI is InChI=1S/C13H21NO2/c1-3-14-8-12-4-6-13(7-5-12)16-10-11(2)9-15/h4-7,11,14-15H,3,8-10H2,1-2H3. The second-order valence-electron chi connectivity index (χ2n) is 4.02. The number of hydrogen-bond donors (Lipinski definition) is 2. The van der Waals surface area contributed by atoms with Crippen LogP contribution in [0.1, 0.15) is 19.4 Å². The number of aliphatic hydroxyl groups is 1. The lowest BCUT2D eigenvalue weighted by molar-refractivity contribution is 0.174. The molecule has 0 aliphatic carbocycles. The van der Waals surface area contributed by atoms with Crippen molar-refractivity contribution in [2.45, 2.75) is 20.4 Å². The number of hydrogen-bond acceptors (Lipinski definition) is 3. The number of aliphatic hydroxyl groups excluding tert-OH is 1. The van der Waals surface area contributed by atoms with Crippen LogP contribution in [-0.2, 0) is 6.54 Å². The van der Waals surface area contributed by atoms with E-state index in [9.17, 15) is 0 Å². The highest BCUT2D eigenvalue weighted by atomic mass is 16.5. The van der Waals surface area contributed by atoms with Crippen molar-refractivity contribution in [1.82, 2.24) is 5.32 Å². The van der Waals surface area contributed by atoms with Crippen LogP contribution < -0.4 is 10.1 Å². The van der Waals surface area contributed by atoms with E-state index < -0.39 is 0 Å². The molecule has 3 heteroatoms. The number of benzene rings is 1. The van der Waals surface area contributed by atoms with E-state index in [0.29, 0.717) is 6.61 Å². The fourth-order valence-electron chi connectivity index (χ4n) is 1.26. The fourth-order valence-corrected chi connectivity index (χ4v) is 1.26. The van der Waals surface area contributed by atoms with Crippen LogP contribution >= 0.6 is 0 Å². The van der Waals surface area contributed by atoms with Crippen molar-refractivity contribution in [2.75, 3.05) is 19.8 Å². The Kier molecular flexibility index (Phi) is 5.90. The molecule has 0 aliphatic rings. The minimum atomic E-state index is 0.165. The predicted molar refractivity (Wildman–Crippen MR) is 65.6 cm³/mol. The topological polar surface area (TPSA) is 41.5 Å². The lowest BCUT2D eigenvalue weighted by atomic mass is 10.2. The van der Waals surface area contributed by atoms with Crippen LogP contribution in [0.2, 0.25) is 0 Å². The summed E-state index contributed by atoms with van der Waals surface area (Å²) < 4.78 is 5.54. The Bertz CT molecular complexity index is 284. The van der Waals surface area contributed by atoms with Crippen molar-refractivity contribution in [1.29, 1.82) is 0 Å². The number of nitrogens with one attached hydrogen (secondary N) is 1. The van der Waals surface area contributed by atoms with E-state index in [1.54, 1.807) is 0 Å². The third kappa shape index (κ3) is 4.64. The summed E-state index contributed by atoms with van der Waals surface area (Å²) in [6.45, 7) is 6.64. The van der Waals surface area contributed by atoms with Gasteiger partial charge in [0.2, 0.25) is 0 Å². The van der Waals surface area contributed by atoms with Crippen molar-refractivity contribution in [3.05, 3.63) is 29.8 Å². The molecule has 2 N–H and O–H groups in total. The van der Waals surface area contributed by atoms with Gasteiger partial charge in [-0.15, -0.1) is 0 Å². The van der Waals surface area contributed by atoms with Crippen molar-refractivity contribution in [3.63, 3.8) is 0 Å². The molecule has 0 saturated carbocycles. The summed E-state index contributed by atoms with van der Waals surface area (Å²) in [7, 11) is 0. The Labute approximate surface area is 97.4 Å². The molecule has 0 amide bonds. The first-order valence-corrected chi connectivity index (χ1v) is 5.79. The summed E-state index contributed by atoms with van der Waals surface area (Å²) in [5.74, 6) is 1.04. The highest BCUT2D eigenvalue weighted by Crippen LogP contribution is 2.13. The smallest absolute Gasteiger partial charge is 0.119 e. The van der Waals surface area contributed by atoms with E-state index in [0.717, 1.165) is 18.8 Å². The maximum Gasteiger partial charge on any atom is 0.119 e. The maximum atomic E-state index is 8.87.